The number of hydrogen-bond donors (Lipinski definition) is 1. The van der Waals surface area contributed by atoms with Gasteiger partial charge in [0, 0.05) is 17.3 Å². The van der Waals surface area contributed by atoms with Gasteiger partial charge in [-0.2, -0.15) is 5.10 Å². The molecule has 1 atom stereocenters. The highest BCUT2D eigenvalue weighted by atomic mass is 32.2. The molecule has 6 nitrogen and oxygen atoms in total. The van der Waals surface area contributed by atoms with Crippen LogP contribution in [0.25, 0.3) is 0 Å². The van der Waals surface area contributed by atoms with Gasteiger partial charge in [-0.05, 0) is 33.1 Å². The number of nitrogens with one attached hydrogen (secondary N) is 1. The molecule has 2 heterocycles. The van der Waals surface area contributed by atoms with E-state index in [4.69, 9.17) is 0 Å². The highest BCUT2D eigenvalue weighted by Gasteiger charge is 2.31. The van der Waals surface area contributed by atoms with Crippen LogP contribution < -0.4 is 5.32 Å². The quantitative estimate of drug-likeness (QED) is 0.896. The van der Waals surface area contributed by atoms with Gasteiger partial charge in [0.2, 0.25) is 5.91 Å². The number of amides is 1. The molecule has 24 heavy (non-hydrogen) atoms. The Balaban J connectivity index is 1.68. The van der Waals surface area contributed by atoms with Gasteiger partial charge in [0.1, 0.15) is 0 Å². The molecule has 1 aliphatic heterocycles. The molecular formula is C17H27N3O3S. The van der Waals surface area contributed by atoms with E-state index in [0.29, 0.717) is 18.9 Å². The Labute approximate surface area is 143 Å². The average molecular weight is 353 g/mol. The molecule has 1 amide bonds. The molecule has 0 aromatic carbocycles. The zero-order chi connectivity index (χ0) is 17.3. The zero-order valence-electron chi connectivity index (χ0n) is 14.5. The molecule has 134 valence electrons. The van der Waals surface area contributed by atoms with Crippen LogP contribution in [0.3, 0.4) is 0 Å². The van der Waals surface area contributed by atoms with Gasteiger partial charge in [-0.1, -0.05) is 19.3 Å². The van der Waals surface area contributed by atoms with Gasteiger partial charge in [-0.15, -0.1) is 0 Å². The maximum Gasteiger partial charge on any atom is 0.224 e. The molecule has 3 rings (SSSR count). The van der Waals surface area contributed by atoms with Crippen molar-refractivity contribution in [3.05, 3.63) is 17.0 Å². The summed E-state index contributed by atoms with van der Waals surface area (Å²) < 4.78 is 25.2. The second-order valence-corrected chi connectivity index (χ2v) is 9.46. The summed E-state index contributed by atoms with van der Waals surface area (Å²) >= 11 is 0. The van der Waals surface area contributed by atoms with Gasteiger partial charge < -0.3 is 5.32 Å². The van der Waals surface area contributed by atoms with Crippen molar-refractivity contribution in [1.29, 1.82) is 0 Å². The van der Waals surface area contributed by atoms with Crippen molar-refractivity contribution < 1.29 is 13.2 Å². The number of nitrogens with zero attached hydrogens (tertiary/aromatic N) is 2. The van der Waals surface area contributed by atoms with E-state index in [0.717, 1.165) is 29.8 Å². The molecule has 1 N–H and O–H groups in total. The molecule has 1 unspecified atom stereocenters. The summed E-state index contributed by atoms with van der Waals surface area (Å²) in [6.45, 7) is 3.84. The average Bonchev–Trinajstić information content (AvgIpc) is 3.02. The fraction of sp³-hybridized carbons (Fsp3) is 0.765. The molecule has 0 radical (unpaired) electrons. The normalized spacial score (nSPS) is 24.2. The first-order valence-corrected chi connectivity index (χ1v) is 10.7. The van der Waals surface area contributed by atoms with Crippen molar-refractivity contribution in [1.82, 2.24) is 15.1 Å². The standard InChI is InChI=1S/C17H27N3O3S/c1-12-16(10-17(21)18-14-6-4-3-5-7-14)13(2)20(19-12)15-8-9-24(22,23)11-15/h14-15H,3-11H2,1-2H3,(H,18,21). The summed E-state index contributed by atoms with van der Waals surface area (Å²) in [5, 5.41) is 7.67. The molecule has 0 bridgehead atoms. The molecule has 1 aliphatic carbocycles. The van der Waals surface area contributed by atoms with Crippen molar-refractivity contribution in [2.24, 2.45) is 0 Å². The number of hydrogen-bond acceptors (Lipinski definition) is 4. The van der Waals surface area contributed by atoms with Gasteiger partial charge in [0.05, 0.1) is 29.7 Å². The Morgan fingerprint density at radius 1 is 1.21 bits per heavy atom. The fourth-order valence-electron chi connectivity index (χ4n) is 3.96. The van der Waals surface area contributed by atoms with E-state index in [2.05, 4.69) is 10.4 Å². The highest BCUT2D eigenvalue weighted by molar-refractivity contribution is 7.91. The summed E-state index contributed by atoms with van der Waals surface area (Å²) in [5.74, 6) is 0.433. The lowest BCUT2D eigenvalue weighted by atomic mass is 9.95. The summed E-state index contributed by atoms with van der Waals surface area (Å²) in [6.07, 6.45) is 6.73. The second-order valence-electron chi connectivity index (χ2n) is 7.23. The minimum Gasteiger partial charge on any atom is -0.353 e. The van der Waals surface area contributed by atoms with Gasteiger partial charge in [0.15, 0.2) is 9.84 Å². The van der Waals surface area contributed by atoms with Crippen LogP contribution in [-0.4, -0.2) is 41.7 Å². The summed E-state index contributed by atoms with van der Waals surface area (Å²) in [5.41, 5.74) is 2.69. The minimum absolute atomic E-state index is 0.0479. The van der Waals surface area contributed by atoms with Crippen molar-refractivity contribution in [3.63, 3.8) is 0 Å². The lowest BCUT2D eigenvalue weighted by Crippen LogP contribution is -2.37. The largest absolute Gasteiger partial charge is 0.353 e. The molecule has 7 heteroatoms. The van der Waals surface area contributed by atoms with Crippen molar-refractivity contribution in [3.8, 4) is 0 Å². The molecule has 0 spiro atoms. The maximum absolute atomic E-state index is 12.4. The van der Waals surface area contributed by atoms with Gasteiger partial charge in [-0.3, -0.25) is 9.48 Å². The molecule has 2 fully saturated rings. The first kappa shape index (κ1) is 17.5. The fourth-order valence-corrected chi connectivity index (χ4v) is 5.65. The number of aromatic nitrogens is 2. The van der Waals surface area contributed by atoms with E-state index < -0.39 is 9.84 Å². The highest BCUT2D eigenvalue weighted by Crippen LogP contribution is 2.27. The number of aryl methyl sites for hydroxylation is 1. The van der Waals surface area contributed by atoms with Crippen LogP contribution in [0.15, 0.2) is 0 Å². The van der Waals surface area contributed by atoms with Gasteiger partial charge in [-0.25, -0.2) is 8.42 Å². The lowest BCUT2D eigenvalue weighted by Gasteiger charge is -2.22. The number of rotatable bonds is 4. The molecule has 2 aliphatic rings. The smallest absolute Gasteiger partial charge is 0.224 e. The summed E-state index contributed by atoms with van der Waals surface area (Å²) in [6, 6.07) is 0.214. The van der Waals surface area contributed by atoms with Crippen molar-refractivity contribution >= 4 is 15.7 Å². The lowest BCUT2D eigenvalue weighted by molar-refractivity contribution is -0.121. The number of sulfone groups is 1. The monoisotopic (exact) mass is 353 g/mol. The Kier molecular flexibility index (Phi) is 4.99. The Bertz CT molecular complexity index is 718. The maximum atomic E-state index is 12.4. The number of carbonyl (C=O) groups excluding carboxylic acids is 1. The van der Waals surface area contributed by atoms with E-state index in [1.807, 2.05) is 18.5 Å². The number of carbonyl (C=O) groups is 1. The van der Waals surface area contributed by atoms with Crippen LogP contribution in [0, 0.1) is 13.8 Å². The van der Waals surface area contributed by atoms with E-state index in [1.165, 1.54) is 19.3 Å². The third-order valence-corrected chi connectivity index (χ3v) is 7.09. The van der Waals surface area contributed by atoms with Crippen LogP contribution in [0.5, 0.6) is 0 Å². The third-order valence-electron chi connectivity index (χ3n) is 5.34. The molecule has 1 aromatic heterocycles. The SMILES string of the molecule is Cc1nn(C2CCS(=O)(=O)C2)c(C)c1CC(=O)NC1CCCCC1. The first-order chi connectivity index (χ1) is 11.4. The molecule has 1 aromatic rings. The van der Waals surface area contributed by atoms with Crippen LogP contribution in [0.2, 0.25) is 0 Å². The predicted octanol–water partition coefficient (Wildman–Crippen LogP) is 1.85. The van der Waals surface area contributed by atoms with Crippen molar-refractivity contribution in [2.45, 2.75) is 70.9 Å². The second kappa shape index (κ2) is 6.86. The van der Waals surface area contributed by atoms with Crippen LogP contribution >= 0.6 is 0 Å². The molecule has 1 saturated carbocycles. The summed E-state index contributed by atoms with van der Waals surface area (Å²) in [7, 11) is -2.95. The van der Waals surface area contributed by atoms with E-state index in [-0.39, 0.29) is 23.5 Å². The van der Waals surface area contributed by atoms with E-state index >= 15 is 0 Å². The Morgan fingerprint density at radius 3 is 2.54 bits per heavy atom. The Morgan fingerprint density at radius 2 is 1.92 bits per heavy atom. The van der Waals surface area contributed by atoms with Crippen molar-refractivity contribution in [2.75, 3.05) is 11.5 Å². The van der Waals surface area contributed by atoms with Crippen LogP contribution in [0.1, 0.15) is 61.5 Å². The van der Waals surface area contributed by atoms with Crippen LogP contribution in [-0.2, 0) is 21.1 Å². The van der Waals surface area contributed by atoms with Gasteiger partial charge >= 0.3 is 0 Å². The van der Waals surface area contributed by atoms with Gasteiger partial charge in [0.25, 0.3) is 0 Å². The van der Waals surface area contributed by atoms with Crippen LogP contribution in [0.4, 0.5) is 0 Å². The zero-order valence-corrected chi connectivity index (χ0v) is 15.4. The van der Waals surface area contributed by atoms with E-state index in [9.17, 15) is 13.2 Å². The molecule has 1 saturated heterocycles. The molecular weight excluding hydrogens is 326 g/mol. The summed E-state index contributed by atoms with van der Waals surface area (Å²) in [4.78, 5) is 12.4. The minimum atomic E-state index is -2.95. The third kappa shape index (κ3) is 3.82. The first-order valence-electron chi connectivity index (χ1n) is 8.90. The topological polar surface area (TPSA) is 81.1 Å². The predicted molar refractivity (Wildman–Crippen MR) is 92.7 cm³/mol. The Hall–Kier alpha value is -1.37. The van der Waals surface area contributed by atoms with E-state index in [1.54, 1.807) is 0 Å².